The molecule has 1 aliphatic heterocycles. The second kappa shape index (κ2) is 3.43. The summed E-state index contributed by atoms with van der Waals surface area (Å²) in [7, 11) is 0. The van der Waals surface area contributed by atoms with Crippen LogP contribution >= 0.6 is 0 Å². The Morgan fingerprint density at radius 1 is 1.40 bits per heavy atom. The number of hydrogen-bond donors (Lipinski definition) is 1. The van der Waals surface area contributed by atoms with E-state index in [1.54, 1.807) is 0 Å². The number of anilines is 1. The monoisotopic (exact) mass is 215 g/mol. The minimum atomic E-state index is -4.24. The maximum Gasteiger partial charge on any atom is 0.416 e. The van der Waals surface area contributed by atoms with Crippen LogP contribution in [0.3, 0.4) is 0 Å². The molecule has 0 saturated carbocycles. The molecule has 1 unspecified atom stereocenters. The first-order chi connectivity index (χ1) is 7.02. The second-order valence-corrected chi connectivity index (χ2v) is 3.79. The molecular formula is C11H12F3N. The molecule has 4 heteroatoms. The molecule has 1 aromatic carbocycles. The van der Waals surface area contributed by atoms with Crippen LogP contribution in [0.5, 0.6) is 0 Å². The molecule has 1 aliphatic rings. The SMILES string of the molecule is CCC1CNc2ccc(C(F)(F)F)cc21. The molecule has 82 valence electrons. The molecule has 2 rings (SSSR count). The number of halogens is 3. The minimum absolute atomic E-state index is 0.210. The maximum absolute atomic E-state index is 12.5. The van der Waals surface area contributed by atoms with Crippen molar-refractivity contribution >= 4 is 5.69 Å². The van der Waals surface area contributed by atoms with Gasteiger partial charge < -0.3 is 5.32 Å². The van der Waals surface area contributed by atoms with Crippen LogP contribution in [0.4, 0.5) is 18.9 Å². The van der Waals surface area contributed by atoms with Crippen molar-refractivity contribution in [3.05, 3.63) is 29.3 Å². The summed E-state index contributed by atoms with van der Waals surface area (Å²) in [5.41, 5.74) is 1.09. The van der Waals surface area contributed by atoms with Gasteiger partial charge >= 0.3 is 6.18 Å². The van der Waals surface area contributed by atoms with Crippen molar-refractivity contribution in [3.8, 4) is 0 Å². The lowest BCUT2D eigenvalue weighted by Crippen LogP contribution is -2.05. The molecule has 1 heterocycles. The van der Waals surface area contributed by atoms with E-state index in [9.17, 15) is 13.2 Å². The zero-order chi connectivity index (χ0) is 11.1. The summed E-state index contributed by atoms with van der Waals surface area (Å²) in [4.78, 5) is 0. The zero-order valence-electron chi connectivity index (χ0n) is 8.36. The van der Waals surface area contributed by atoms with Crippen molar-refractivity contribution < 1.29 is 13.2 Å². The Morgan fingerprint density at radius 2 is 2.13 bits per heavy atom. The van der Waals surface area contributed by atoms with E-state index in [2.05, 4.69) is 5.32 Å². The predicted molar refractivity (Wildman–Crippen MR) is 53.0 cm³/mol. The number of alkyl halides is 3. The molecule has 0 fully saturated rings. The number of nitrogens with one attached hydrogen (secondary N) is 1. The first-order valence-electron chi connectivity index (χ1n) is 4.97. The molecule has 1 nitrogen and oxygen atoms in total. The summed E-state index contributed by atoms with van der Waals surface area (Å²) in [6.45, 7) is 2.73. The molecule has 0 spiro atoms. The van der Waals surface area contributed by atoms with E-state index in [4.69, 9.17) is 0 Å². The van der Waals surface area contributed by atoms with Crippen molar-refractivity contribution in [1.29, 1.82) is 0 Å². The van der Waals surface area contributed by atoms with E-state index in [0.717, 1.165) is 30.3 Å². The van der Waals surface area contributed by atoms with E-state index in [1.165, 1.54) is 12.1 Å². The first-order valence-corrected chi connectivity index (χ1v) is 4.97. The highest BCUT2D eigenvalue weighted by Gasteiger charge is 2.32. The van der Waals surface area contributed by atoms with E-state index >= 15 is 0 Å². The Labute approximate surface area is 86.3 Å². The van der Waals surface area contributed by atoms with Crippen LogP contribution in [-0.4, -0.2) is 6.54 Å². The standard InChI is InChI=1S/C11H12F3N/c1-2-7-6-15-10-4-3-8(5-9(7)10)11(12,13)14/h3-5,7,15H,2,6H2,1H3. The average Bonchev–Trinajstić information content (AvgIpc) is 2.57. The Morgan fingerprint density at radius 3 is 2.73 bits per heavy atom. The fourth-order valence-corrected chi connectivity index (χ4v) is 1.95. The highest BCUT2D eigenvalue weighted by Crippen LogP contribution is 2.38. The molecule has 0 aliphatic carbocycles. The van der Waals surface area contributed by atoms with Gasteiger partial charge in [-0.1, -0.05) is 6.92 Å². The smallest absolute Gasteiger partial charge is 0.384 e. The number of rotatable bonds is 1. The van der Waals surface area contributed by atoms with Gasteiger partial charge in [0.1, 0.15) is 0 Å². The van der Waals surface area contributed by atoms with Crippen LogP contribution in [0.2, 0.25) is 0 Å². The molecule has 0 radical (unpaired) electrons. The fraction of sp³-hybridized carbons (Fsp3) is 0.455. The van der Waals surface area contributed by atoms with Crippen LogP contribution in [0.1, 0.15) is 30.4 Å². The van der Waals surface area contributed by atoms with Gasteiger partial charge in [0.2, 0.25) is 0 Å². The third kappa shape index (κ3) is 1.80. The highest BCUT2D eigenvalue weighted by atomic mass is 19.4. The molecule has 0 aromatic heterocycles. The van der Waals surface area contributed by atoms with Crippen molar-refractivity contribution in [1.82, 2.24) is 0 Å². The fourth-order valence-electron chi connectivity index (χ4n) is 1.95. The predicted octanol–water partition coefficient (Wildman–Crippen LogP) is 3.62. The van der Waals surface area contributed by atoms with E-state index in [0.29, 0.717) is 0 Å². The highest BCUT2D eigenvalue weighted by molar-refractivity contribution is 5.59. The first kappa shape index (κ1) is 10.3. The third-order valence-corrected chi connectivity index (χ3v) is 2.85. The second-order valence-electron chi connectivity index (χ2n) is 3.79. The van der Waals surface area contributed by atoms with Gasteiger partial charge in [-0.3, -0.25) is 0 Å². The van der Waals surface area contributed by atoms with Gasteiger partial charge in [-0.05, 0) is 30.2 Å². The Kier molecular flexibility index (Phi) is 2.37. The van der Waals surface area contributed by atoms with Gasteiger partial charge in [0, 0.05) is 18.2 Å². The molecule has 1 aromatic rings. The van der Waals surface area contributed by atoms with E-state index in [1.807, 2.05) is 6.92 Å². The summed E-state index contributed by atoms with van der Waals surface area (Å²) < 4.78 is 37.4. The van der Waals surface area contributed by atoms with Gasteiger partial charge in [0.25, 0.3) is 0 Å². The molecule has 0 bridgehead atoms. The number of fused-ring (bicyclic) bond motifs is 1. The summed E-state index contributed by atoms with van der Waals surface area (Å²) in [5, 5.41) is 3.11. The summed E-state index contributed by atoms with van der Waals surface area (Å²) in [6, 6.07) is 3.92. The third-order valence-electron chi connectivity index (χ3n) is 2.85. The normalized spacial score (nSPS) is 19.9. The lowest BCUT2D eigenvalue weighted by molar-refractivity contribution is -0.137. The molecule has 0 amide bonds. The van der Waals surface area contributed by atoms with E-state index < -0.39 is 11.7 Å². The Hall–Kier alpha value is -1.19. The maximum atomic E-state index is 12.5. The summed E-state index contributed by atoms with van der Waals surface area (Å²) in [6.07, 6.45) is -3.38. The lowest BCUT2D eigenvalue weighted by Gasteiger charge is -2.10. The van der Waals surface area contributed by atoms with Crippen molar-refractivity contribution in [2.45, 2.75) is 25.4 Å². The minimum Gasteiger partial charge on any atom is -0.384 e. The summed E-state index contributed by atoms with van der Waals surface area (Å²) in [5.74, 6) is 0.210. The van der Waals surface area contributed by atoms with Gasteiger partial charge in [0.05, 0.1) is 5.56 Å². The molecule has 15 heavy (non-hydrogen) atoms. The molecule has 1 N–H and O–H groups in total. The molecule has 1 atom stereocenters. The number of benzene rings is 1. The lowest BCUT2D eigenvalue weighted by atomic mass is 9.97. The van der Waals surface area contributed by atoms with Crippen molar-refractivity contribution in [2.24, 2.45) is 0 Å². The molecule has 0 saturated heterocycles. The van der Waals surface area contributed by atoms with Crippen molar-refractivity contribution in [3.63, 3.8) is 0 Å². The molecular weight excluding hydrogens is 203 g/mol. The van der Waals surface area contributed by atoms with Crippen LogP contribution in [0.25, 0.3) is 0 Å². The average molecular weight is 215 g/mol. The Bertz CT molecular complexity index is 371. The summed E-state index contributed by atoms with van der Waals surface area (Å²) >= 11 is 0. The van der Waals surface area contributed by atoms with Crippen LogP contribution in [0, 0.1) is 0 Å². The largest absolute Gasteiger partial charge is 0.416 e. The van der Waals surface area contributed by atoms with Crippen LogP contribution in [0.15, 0.2) is 18.2 Å². The van der Waals surface area contributed by atoms with E-state index in [-0.39, 0.29) is 5.92 Å². The van der Waals surface area contributed by atoms with Gasteiger partial charge in [0.15, 0.2) is 0 Å². The van der Waals surface area contributed by atoms with Crippen molar-refractivity contribution in [2.75, 3.05) is 11.9 Å². The van der Waals surface area contributed by atoms with Crippen LogP contribution < -0.4 is 5.32 Å². The number of hydrogen-bond acceptors (Lipinski definition) is 1. The Balaban J connectivity index is 2.41. The quantitative estimate of drug-likeness (QED) is 0.754. The topological polar surface area (TPSA) is 12.0 Å². The van der Waals surface area contributed by atoms with Crippen LogP contribution in [-0.2, 0) is 6.18 Å². The van der Waals surface area contributed by atoms with Gasteiger partial charge in [-0.25, -0.2) is 0 Å². The zero-order valence-corrected chi connectivity index (χ0v) is 8.36. The van der Waals surface area contributed by atoms with Gasteiger partial charge in [-0.15, -0.1) is 0 Å². The van der Waals surface area contributed by atoms with Gasteiger partial charge in [-0.2, -0.15) is 13.2 Å².